The SMILES string of the molecule is CCCCC(CCCC)(NC(=O)[C@@H]1CCCN1C(=O)[C@H](Cc1cncn1C)NC(=O)OC(C)(C)C)C(=O)N[C@@H](Cc1ccccc1)C(=O)OC. The minimum absolute atomic E-state index is 0.134. The number of hydrogen-bond acceptors (Lipinski definition) is 8. The second kappa shape index (κ2) is 18.5. The summed E-state index contributed by atoms with van der Waals surface area (Å²) in [6.07, 6.45) is 7.36. The number of rotatable bonds is 17. The Morgan fingerprint density at radius 1 is 0.960 bits per heavy atom. The van der Waals surface area contributed by atoms with E-state index in [1.54, 1.807) is 44.9 Å². The lowest BCUT2D eigenvalue weighted by molar-refractivity contribution is -0.147. The maximum absolute atomic E-state index is 14.3. The lowest BCUT2D eigenvalue weighted by Crippen LogP contribution is -2.64. The van der Waals surface area contributed by atoms with Gasteiger partial charge in [-0.3, -0.25) is 14.4 Å². The van der Waals surface area contributed by atoms with Crippen LogP contribution in [0.4, 0.5) is 4.79 Å². The van der Waals surface area contributed by atoms with Crippen molar-refractivity contribution in [1.29, 1.82) is 0 Å². The standard InChI is InChI=1S/C37H56N6O7/c1-8-10-19-37(20-11-9-2,34(47)39-29(33(46)49-7)22-26-16-13-12-14-17-26)41-31(44)30-18-15-21-43(30)32(45)28(23-27-24-38-25-42(27)6)40-35(48)50-36(3,4)5/h12-14,16-17,24-25,28-30H,8-11,15,18-23H2,1-7H3,(H,39,47)(H,40,48)(H,41,44)/t28-,29-,30-/m0/s1. The molecule has 50 heavy (non-hydrogen) atoms. The van der Waals surface area contributed by atoms with Crippen LogP contribution in [0, 0.1) is 0 Å². The predicted octanol–water partition coefficient (Wildman–Crippen LogP) is 3.98. The summed E-state index contributed by atoms with van der Waals surface area (Å²) < 4.78 is 12.3. The van der Waals surface area contributed by atoms with E-state index in [2.05, 4.69) is 20.9 Å². The van der Waals surface area contributed by atoms with Gasteiger partial charge >= 0.3 is 12.1 Å². The summed E-state index contributed by atoms with van der Waals surface area (Å²) in [4.78, 5) is 74.2. The highest BCUT2D eigenvalue weighted by Gasteiger charge is 2.45. The Balaban J connectivity index is 1.90. The molecular weight excluding hydrogens is 640 g/mol. The van der Waals surface area contributed by atoms with Crippen molar-refractivity contribution in [3.63, 3.8) is 0 Å². The van der Waals surface area contributed by atoms with Gasteiger partial charge in [-0.05, 0) is 52.0 Å². The number of unbranched alkanes of at least 4 members (excludes halogenated alkanes) is 2. The second-order valence-electron chi connectivity index (χ2n) is 14.1. The van der Waals surface area contributed by atoms with Crippen LogP contribution in [0.5, 0.6) is 0 Å². The minimum Gasteiger partial charge on any atom is -0.467 e. The quantitative estimate of drug-likeness (QED) is 0.210. The number of likely N-dealkylation sites (tertiary alicyclic amines) is 1. The molecule has 1 aromatic carbocycles. The van der Waals surface area contributed by atoms with E-state index in [0.717, 1.165) is 18.4 Å². The van der Waals surface area contributed by atoms with Crippen molar-refractivity contribution < 1.29 is 33.4 Å². The number of nitrogens with one attached hydrogen (secondary N) is 3. The molecule has 3 atom stereocenters. The Kier molecular flexibility index (Phi) is 14.8. The first-order valence-corrected chi connectivity index (χ1v) is 17.7. The summed E-state index contributed by atoms with van der Waals surface area (Å²) in [6, 6.07) is 6.47. The third-order valence-corrected chi connectivity index (χ3v) is 8.94. The first-order valence-electron chi connectivity index (χ1n) is 17.7. The van der Waals surface area contributed by atoms with Crippen LogP contribution >= 0.6 is 0 Å². The number of amides is 4. The van der Waals surface area contributed by atoms with Crippen LogP contribution in [0.25, 0.3) is 0 Å². The number of ether oxygens (including phenoxy) is 2. The highest BCUT2D eigenvalue weighted by Crippen LogP contribution is 2.26. The molecule has 0 spiro atoms. The highest BCUT2D eigenvalue weighted by atomic mass is 16.6. The van der Waals surface area contributed by atoms with Crippen LogP contribution in [-0.2, 0) is 48.5 Å². The smallest absolute Gasteiger partial charge is 0.408 e. The zero-order valence-electron chi connectivity index (χ0n) is 30.8. The Morgan fingerprint density at radius 3 is 2.18 bits per heavy atom. The molecule has 3 N–H and O–H groups in total. The number of nitrogens with zero attached hydrogens (tertiary/aromatic N) is 3. The molecule has 1 aliphatic heterocycles. The molecule has 1 fully saturated rings. The summed E-state index contributed by atoms with van der Waals surface area (Å²) in [7, 11) is 3.08. The lowest BCUT2D eigenvalue weighted by Gasteiger charge is -2.37. The Labute approximate surface area is 296 Å². The number of carbonyl (C=O) groups is 5. The molecule has 13 nitrogen and oxygen atoms in total. The number of benzene rings is 1. The maximum Gasteiger partial charge on any atom is 0.408 e. The molecule has 0 saturated carbocycles. The van der Waals surface area contributed by atoms with E-state index in [1.165, 1.54) is 12.0 Å². The van der Waals surface area contributed by atoms with Gasteiger partial charge in [0.25, 0.3) is 0 Å². The van der Waals surface area contributed by atoms with Crippen molar-refractivity contribution in [1.82, 2.24) is 30.4 Å². The van der Waals surface area contributed by atoms with Crippen molar-refractivity contribution in [2.24, 2.45) is 7.05 Å². The number of imidazole rings is 1. The largest absolute Gasteiger partial charge is 0.467 e. The van der Waals surface area contributed by atoms with Gasteiger partial charge in [0.1, 0.15) is 29.3 Å². The summed E-state index contributed by atoms with van der Waals surface area (Å²) in [5.74, 6) is -1.93. The average molecular weight is 697 g/mol. The number of carbonyl (C=O) groups excluding carboxylic acids is 5. The molecule has 1 saturated heterocycles. The van der Waals surface area contributed by atoms with E-state index in [4.69, 9.17) is 9.47 Å². The van der Waals surface area contributed by atoms with Crippen molar-refractivity contribution in [3.8, 4) is 0 Å². The van der Waals surface area contributed by atoms with E-state index in [0.29, 0.717) is 50.8 Å². The van der Waals surface area contributed by atoms with Crippen molar-refractivity contribution >= 4 is 29.8 Å². The number of aromatic nitrogens is 2. The van der Waals surface area contributed by atoms with Gasteiger partial charge in [0.05, 0.1) is 13.4 Å². The first-order chi connectivity index (χ1) is 23.7. The second-order valence-corrected chi connectivity index (χ2v) is 14.1. The first kappa shape index (κ1) is 40.0. The van der Waals surface area contributed by atoms with E-state index in [-0.39, 0.29) is 12.8 Å². The van der Waals surface area contributed by atoms with Crippen molar-refractivity contribution in [2.75, 3.05) is 13.7 Å². The van der Waals surface area contributed by atoms with Crippen LogP contribution in [0.1, 0.15) is 97.2 Å². The summed E-state index contributed by atoms with van der Waals surface area (Å²) in [5.41, 5.74) is -0.549. The average Bonchev–Trinajstić information content (AvgIpc) is 3.73. The topological polar surface area (TPSA) is 161 Å². The minimum atomic E-state index is -1.33. The van der Waals surface area contributed by atoms with Crippen LogP contribution in [0.3, 0.4) is 0 Å². The molecule has 0 radical (unpaired) electrons. The lowest BCUT2D eigenvalue weighted by atomic mass is 9.85. The van der Waals surface area contributed by atoms with Crippen LogP contribution in [0.2, 0.25) is 0 Å². The molecule has 4 amide bonds. The van der Waals surface area contributed by atoms with Crippen molar-refractivity contribution in [3.05, 3.63) is 54.1 Å². The molecule has 276 valence electrons. The third kappa shape index (κ3) is 11.3. The zero-order valence-corrected chi connectivity index (χ0v) is 30.8. The molecule has 3 rings (SSSR count). The van der Waals surface area contributed by atoms with E-state index in [9.17, 15) is 24.0 Å². The Bertz CT molecular complexity index is 1430. The van der Waals surface area contributed by atoms with E-state index in [1.807, 2.05) is 44.2 Å². The predicted molar refractivity (Wildman–Crippen MR) is 189 cm³/mol. The fourth-order valence-electron chi connectivity index (χ4n) is 6.24. The third-order valence-electron chi connectivity index (χ3n) is 8.94. The monoisotopic (exact) mass is 696 g/mol. The van der Waals surface area contributed by atoms with Gasteiger partial charge in [-0.1, -0.05) is 69.9 Å². The molecule has 1 aromatic heterocycles. The molecule has 2 aromatic rings. The molecule has 13 heteroatoms. The van der Waals surface area contributed by atoms with Gasteiger partial charge in [-0.15, -0.1) is 0 Å². The van der Waals surface area contributed by atoms with E-state index >= 15 is 0 Å². The number of hydrogen-bond donors (Lipinski definition) is 3. The summed E-state index contributed by atoms with van der Waals surface area (Å²) in [6.45, 7) is 9.53. The Morgan fingerprint density at radius 2 is 1.62 bits per heavy atom. The zero-order chi connectivity index (χ0) is 36.9. The molecule has 0 bridgehead atoms. The molecule has 1 aliphatic rings. The van der Waals surface area contributed by atoms with Crippen LogP contribution < -0.4 is 16.0 Å². The fourth-order valence-corrected chi connectivity index (χ4v) is 6.24. The van der Waals surface area contributed by atoms with Gasteiger partial charge in [-0.25, -0.2) is 14.6 Å². The number of esters is 1. The van der Waals surface area contributed by atoms with Crippen LogP contribution in [-0.4, -0.2) is 87.2 Å². The van der Waals surface area contributed by atoms with Gasteiger partial charge in [-0.2, -0.15) is 0 Å². The molecule has 2 heterocycles. The number of methoxy groups -OCH3 is 1. The number of alkyl carbamates (subject to hydrolysis) is 1. The van der Waals surface area contributed by atoms with Gasteiger partial charge in [0, 0.05) is 38.3 Å². The Hall–Kier alpha value is -4.42. The highest BCUT2D eigenvalue weighted by molar-refractivity contribution is 5.97. The van der Waals surface area contributed by atoms with E-state index < -0.39 is 59.0 Å². The van der Waals surface area contributed by atoms with Crippen molar-refractivity contribution in [2.45, 2.75) is 128 Å². The molecular formula is C37H56N6O7. The molecule has 0 aliphatic carbocycles. The van der Waals surface area contributed by atoms with Gasteiger partial charge in [0.15, 0.2) is 0 Å². The van der Waals surface area contributed by atoms with Crippen LogP contribution in [0.15, 0.2) is 42.9 Å². The summed E-state index contributed by atoms with van der Waals surface area (Å²) >= 11 is 0. The summed E-state index contributed by atoms with van der Waals surface area (Å²) in [5, 5.41) is 8.73. The molecule has 0 unspecified atom stereocenters. The number of aryl methyl sites for hydroxylation is 1. The van der Waals surface area contributed by atoms with Gasteiger partial charge in [0.2, 0.25) is 17.7 Å². The fraction of sp³-hybridized carbons (Fsp3) is 0.622. The van der Waals surface area contributed by atoms with Gasteiger partial charge < -0.3 is 34.9 Å². The maximum atomic E-state index is 14.3. The normalized spacial score (nSPS) is 15.9.